The Balaban J connectivity index is 1.91. The molecule has 1 aromatic carbocycles. The van der Waals surface area contributed by atoms with Gasteiger partial charge in [0, 0.05) is 0 Å². The molecule has 0 spiro atoms. The average Bonchev–Trinajstić information content (AvgIpc) is 2.79. The summed E-state index contributed by atoms with van der Waals surface area (Å²) < 4.78 is 33.4. The molecule has 0 aromatic heterocycles. The number of rotatable bonds is 6. The van der Waals surface area contributed by atoms with Gasteiger partial charge in [-0.3, -0.25) is 4.79 Å². The van der Waals surface area contributed by atoms with Crippen LogP contribution in [0.1, 0.15) is 30.6 Å². The highest BCUT2D eigenvalue weighted by Crippen LogP contribution is 2.23. The third-order valence-corrected chi connectivity index (χ3v) is 5.59. The van der Waals surface area contributed by atoms with Gasteiger partial charge in [0.15, 0.2) is 16.4 Å². The van der Waals surface area contributed by atoms with Crippen molar-refractivity contribution in [3.63, 3.8) is 0 Å². The minimum atomic E-state index is -3.12. The molecule has 1 amide bonds. The van der Waals surface area contributed by atoms with Crippen molar-refractivity contribution in [3.05, 3.63) is 29.8 Å². The molecular weight excluding hydrogens is 334 g/mol. The van der Waals surface area contributed by atoms with Gasteiger partial charge >= 0.3 is 5.97 Å². The third kappa shape index (κ3) is 4.70. The molecule has 24 heavy (non-hydrogen) atoms. The lowest BCUT2D eigenvalue weighted by Gasteiger charge is -2.23. The van der Waals surface area contributed by atoms with Gasteiger partial charge in [-0.2, -0.15) is 0 Å². The molecule has 1 unspecified atom stereocenters. The van der Waals surface area contributed by atoms with Gasteiger partial charge in [0.2, 0.25) is 0 Å². The largest absolute Gasteiger partial charge is 0.493 e. The van der Waals surface area contributed by atoms with Crippen LogP contribution in [-0.2, 0) is 19.4 Å². The Kier molecular flexibility index (Phi) is 5.48. The zero-order valence-electron chi connectivity index (χ0n) is 13.7. The predicted octanol–water partition coefficient (Wildman–Crippen LogP) is 0.935. The van der Waals surface area contributed by atoms with Crippen LogP contribution in [0.25, 0.3) is 0 Å². The summed E-state index contributed by atoms with van der Waals surface area (Å²) in [5.41, 5.74) is -0.576. The average molecular weight is 355 g/mol. The normalized spacial score (nSPS) is 21.9. The molecule has 2 rings (SSSR count). The van der Waals surface area contributed by atoms with E-state index >= 15 is 0 Å². The lowest BCUT2D eigenvalue weighted by molar-refractivity contribution is -0.125. The summed E-state index contributed by atoms with van der Waals surface area (Å²) in [6.45, 7) is 3.39. The maximum Gasteiger partial charge on any atom is 0.342 e. The number of amides is 1. The molecule has 0 saturated carbocycles. The fourth-order valence-electron chi connectivity index (χ4n) is 2.61. The van der Waals surface area contributed by atoms with Crippen LogP contribution in [0.3, 0.4) is 0 Å². The topological polar surface area (TPSA) is 98.8 Å². The summed E-state index contributed by atoms with van der Waals surface area (Å²) in [6.07, 6.45) is 0.349. The molecule has 1 saturated heterocycles. The number of benzene rings is 1. The maximum atomic E-state index is 12.1. The second-order valence-electron chi connectivity index (χ2n) is 5.96. The second kappa shape index (κ2) is 7.21. The highest BCUT2D eigenvalue weighted by atomic mass is 32.2. The van der Waals surface area contributed by atoms with Crippen LogP contribution in [0.5, 0.6) is 5.75 Å². The Morgan fingerprint density at radius 2 is 2.00 bits per heavy atom. The van der Waals surface area contributed by atoms with E-state index in [1.54, 1.807) is 38.1 Å². The monoisotopic (exact) mass is 355 g/mol. The minimum Gasteiger partial charge on any atom is -0.493 e. The molecule has 1 fully saturated rings. The number of ether oxygens (including phenoxy) is 2. The van der Waals surface area contributed by atoms with Gasteiger partial charge in [-0.05, 0) is 32.4 Å². The molecule has 1 heterocycles. The molecule has 1 aliphatic rings. The molecule has 1 atom stereocenters. The van der Waals surface area contributed by atoms with Crippen molar-refractivity contribution in [2.75, 3.05) is 24.7 Å². The number of sulfone groups is 1. The van der Waals surface area contributed by atoms with E-state index in [0.717, 1.165) is 0 Å². The van der Waals surface area contributed by atoms with E-state index in [-0.39, 0.29) is 17.1 Å². The highest BCUT2D eigenvalue weighted by molar-refractivity contribution is 7.91. The first-order valence-electron chi connectivity index (χ1n) is 7.65. The SMILES string of the molecule is CCOc1ccccc1C(=O)OCC(=O)NC1(C)CCS(=O)(=O)C1. The minimum absolute atomic E-state index is 0.0469. The number of hydrogen-bond donors (Lipinski definition) is 1. The molecule has 1 aromatic rings. The summed E-state index contributed by atoms with van der Waals surface area (Å²) in [5.74, 6) is -0.868. The quantitative estimate of drug-likeness (QED) is 0.763. The fourth-order valence-corrected chi connectivity index (χ4v) is 4.70. The van der Waals surface area contributed by atoms with Crippen LogP contribution in [0, 0.1) is 0 Å². The van der Waals surface area contributed by atoms with Gasteiger partial charge in [0.25, 0.3) is 5.91 Å². The Labute approximate surface area is 141 Å². The van der Waals surface area contributed by atoms with Crippen molar-refractivity contribution in [1.29, 1.82) is 0 Å². The second-order valence-corrected chi connectivity index (χ2v) is 8.14. The van der Waals surface area contributed by atoms with Crippen LogP contribution in [0.15, 0.2) is 24.3 Å². The number of para-hydroxylation sites is 1. The standard InChI is InChI=1S/C16H21NO6S/c1-3-22-13-7-5-4-6-12(13)15(19)23-10-14(18)17-16(2)8-9-24(20,21)11-16/h4-7H,3,8-11H2,1-2H3,(H,17,18). The summed E-state index contributed by atoms with van der Waals surface area (Å²) in [5, 5.41) is 2.63. The van der Waals surface area contributed by atoms with E-state index in [1.807, 2.05) is 0 Å². The summed E-state index contributed by atoms with van der Waals surface area (Å²) in [4.78, 5) is 24.0. The van der Waals surface area contributed by atoms with Crippen molar-refractivity contribution in [3.8, 4) is 5.75 Å². The molecule has 0 aliphatic carbocycles. The lowest BCUT2D eigenvalue weighted by atomic mass is 10.0. The van der Waals surface area contributed by atoms with E-state index < -0.39 is 33.9 Å². The number of esters is 1. The molecule has 132 valence electrons. The van der Waals surface area contributed by atoms with Gasteiger partial charge < -0.3 is 14.8 Å². The first kappa shape index (κ1) is 18.3. The van der Waals surface area contributed by atoms with Gasteiger partial charge in [-0.25, -0.2) is 13.2 Å². The summed E-state index contributed by atoms with van der Waals surface area (Å²) in [7, 11) is -3.12. The van der Waals surface area contributed by atoms with Crippen LogP contribution in [0.2, 0.25) is 0 Å². The summed E-state index contributed by atoms with van der Waals surface area (Å²) >= 11 is 0. The first-order chi connectivity index (χ1) is 11.2. The van der Waals surface area contributed by atoms with Crippen LogP contribution in [0.4, 0.5) is 0 Å². The van der Waals surface area contributed by atoms with Crippen LogP contribution >= 0.6 is 0 Å². The number of carbonyl (C=O) groups is 2. The molecule has 0 radical (unpaired) electrons. The smallest absolute Gasteiger partial charge is 0.342 e. The van der Waals surface area contributed by atoms with Gasteiger partial charge in [0.05, 0.1) is 23.7 Å². The molecule has 1 aliphatic heterocycles. The van der Waals surface area contributed by atoms with Crippen molar-refractivity contribution in [2.24, 2.45) is 0 Å². The maximum absolute atomic E-state index is 12.1. The molecule has 7 nitrogen and oxygen atoms in total. The predicted molar refractivity (Wildman–Crippen MR) is 87.7 cm³/mol. The number of carbonyl (C=O) groups excluding carboxylic acids is 2. The van der Waals surface area contributed by atoms with Crippen molar-refractivity contribution >= 4 is 21.7 Å². The van der Waals surface area contributed by atoms with Gasteiger partial charge in [-0.15, -0.1) is 0 Å². The Morgan fingerprint density at radius 3 is 2.62 bits per heavy atom. The number of hydrogen-bond acceptors (Lipinski definition) is 6. The van der Waals surface area contributed by atoms with Gasteiger partial charge in [0.1, 0.15) is 11.3 Å². The Hall–Kier alpha value is -2.09. The van der Waals surface area contributed by atoms with E-state index in [1.165, 1.54) is 0 Å². The molecule has 8 heteroatoms. The summed E-state index contributed by atoms with van der Waals surface area (Å²) in [6, 6.07) is 6.60. The van der Waals surface area contributed by atoms with Crippen molar-refractivity contribution < 1.29 is 27.5 Å². The van der Waals surface area contributed by atoms with Crippen LogP contribution < -0.4 is 10.1 Å². The Morgan fingerprint density at radius 1 is 1.29 bits per heavy atom. The zero-order chi connectivity index (χ0) is 17.8. The van der Waals surface area contributed by atoms with E-state index in [4.69, 9.17) is 9.47 Å². The third-order valence-electron chi connectivity index (χ3n) is 3.69. The van der Waals surface area contributed by atoms with E-state index in [2.05, 4.69) is 5.32 Å². The fraction of sp³-hybridized carbons (Fsp3) is 0.500. The van der Waals surface area contributed by atoms with E-state index in [9.17, 15) is 18.0 Å². The molecule has 0 bridgehead atoms. The molecular formula is C16H21NO6S. The van der Waals surface area contributed by atoms with Gasteiger partial charge in [-0.1, -0.05) is 12.1 Å². The number of nitrogens with one attached hydrogen (secondary N) is 1. The van der Waals surface area contributed by atoms with Crippen molar-refractivity contribution in [2.45, 2.75) is 25.8 Å². The highest BCUT2D eigenvalue weighted by Gasteiger charge is 2.39. The van der Waals surface area contributed by atoms with E-state index in [0.29, 0.717) is 18.8 Å². The first-order valence-corrected chi connectivity index (χ1v) is 9.47. The lowest BCUT2D eigenvalue weighted by Crippen LogP contribution is -2.48. The molecule has 1 N–H and O–H groups in total. The van der Waals surface area contributed by atoms with Crippen molar-refractivity contribution in [1.82, 2.24) is 5.32 Å². The Bertz CT molecular complexity index is 730. The van der Waals surface area contributed by atoms with Crippen LogP contribution in [-0.4, -0.2) is 50.6 Å². The zero-order valence-corrected chi connectivity index (χ0v) is 14.5.